The van der Waals surface area contributed by atoms with Gasteiger partial charge in [-0.15, -0.1) is 0 Å². The molecule has 0 bridgehead atoms. The van der Waals surface area contributed by atoms with Crippen LogP contribution in [-0.2, 0) is 4.79 Å². The Morgan fingerprint density at radius 3 is 2.45 bits per heavy atom. The highest BCUT2D eigenvalue weighted by atomic mass is 16.4. The van der Waals surface area contributed by atoms with Crippen molar-refractivity contribution >= 4 is 5.97 Å². The van der Waals surface area contributed by atoms with E-state index < -0.39 is 12.1 Å². The van der Waals surface area contributed by atoms with Gasteiger partial charge in [0.15, 0.2) is 6.10 Å². The maximum atomic E-state index is 10.2. The average Bonchev–Trinajstić information content (AvgIpc) is 2.39. The predicted octanol–water partition coefficient (Wildman–Crippen LogP) is 1.01. The molecule has 1 rings (SSSR count). The van der Waals surface area contributed by atoms with Gasteiger partial charge in [-0.2, -0.15) is 0 Å². The van der Waals surface area contributed by atoms with Gasteiger partial charge in [0.05, 0.1) is 0 Å². The zero-order valence-corrected chi connectivity index (χ0v) is 6.49. The molecular weight excluding hydrogens is 144 g/mol. The second kappa shape index (κ2) is 3.72. The number of aliphatic carboxylic acids is 1. The van der Waals surface area contributed by atoms with E-state index in [0.717, 1.165) is 12.8 Å². The van der Waals surface area contributed by atoms with Gasteiger partial charge in [0.25, 0.3) is 0 Å². The summed E-state index contributed by atoms with van der Waals surface area (Å²) >= 11 is 0. The third-order valence-corrected chi connectivity index (χ3v) is 2.32. The van der Waals surface area contributed by atoms with E-state index in [-0.39, 0.29) is 0 Å². The van der Waals surface area contributed by atoms with E-state index in [0.29, 0.717) is 12.3 Å². The van der Waals surface area contributed by atoms with Crippen molar-refractivity contribution in [3.05, 3.63) is 0 Å². The molecule has 0 radical (unpaired) electrons. The molecule has 3 heteroatoms. The summed E-state index contributed by atoms with van der Waals surface area (Å²) in [5.41, 5.74) is 0. The van der Waals surface area contributed by atoms with Gasteiger partial charge in [-0.3, -0.25) is 0 Å². The quantitative estimate of drug-likeness (QED) is 0.644. The van der Waals surface area contributed by atoms with Gasteiger partial charge in [-0.05, 0) is 12.3 Å². The summed E-state index contributed by atoms with van der Waals surface area (Å²) < 4.78 is 0. The second-order valence-corrected chi connectivity index (χ2v) is 3.24. The Bertz CT molecular complexity index is 138. The van der Waals surface area contributed by atoms with Gasteiger partial charge >= 0.3 is 5.97 Å². The summed E-state index contributed by atoms with van der Waals surface area (Å²) in [6, 6.07) is 0. The molecule has 1 unspecified atom stereocenters. The number of aliphatic hydroxyl groups excluding tert-OH is 1. The SMILES string of the molecule is O=C(O)C(O)CC1CCCC1. The molecule has 0 heterocycles. The Kier molecular flexibility index (Phi) is 2.88. The second-order valence-electron chi connectivity index (χ2n) is 3.24. The van der Waals surface area contributed by atoms with Gasteiger partial charge < -0.3 is 10.2 Å². The van der Waals surface area contributed by atoms with E-state index in [1.165, 1.54) is 12.8 Å². The van der Waals surface area contributed by atoms with Gasteiger partial charge in [0.2, 0.25) is 0 Å². The molecule has 0 aromatic carbocycles. The molecule has 1 saturated carbocycles. The molecule has 0 saturated heterocycles. The zero-order valence-electron chi connectivity index (χ0n) is 6.49. The Labute approximate surface area is 66.0 Å². The molecule has 1 atom stereocenters. The fourth-order valence-electron chi connectivity index (χ4n) is 1.66. The summed E-state index contributed by atoms with van der Waals surface area (Å²) in [5.74, 6) is -0.641. The van der Waals surface area contributed by atoms with Crippen molar-refractivity contribution < 1.29 is 15.0 Å². The van der Waals surface area contributed by atoms with Gasteiger partial charge in [0, 0.05) is 0 Å². The van der Waals surface area contributed by atoms with Crippen LogP contribution in [0.5, 0.6) is 0 Å². The number of rotatable bonds is 3. The molecule has 2 N–H and O–H groups in total. The number of carbonyl (C=O) groups is 1. The van der Waals surface area contributed by atoms with E-state index in [1.807, 2.05) is 0 Å². The number of carboxylic acids is 1. The maximum absolute atomic E-state index is 10.2. The highest BCUT2D eigenvalue weighted by Gasteiger charge is 2.22. The van der Waals surface area contributed by atoms with E-state index in [4.69, 9.17) is 10.2 Å². The number of hydrogen-bond donors (Lipinski definition) is 2. The average molecular weight is 158 g/mol. The third kappa shape index (κ3) is 2.50. The minimum atomic E-state index is -1.14. The Morgan fingerprint density at radius 2 is 2.00 bits per heavy atom. The molecule has 0 aromatic heterocycles. The summed E-state index contributed by atoms with van der Waals surface area (Å²) in [6.07, 6.45) is 3.86. The maximum Gasteiger partial charge on any atom is 0.332 e. The molecule has 1 fully saturated rings. The van der Waals surface area contributed by atoms with Gasteiger partial charge in [0.1, 0.15) is 0 Å². The first kappa shape index (κ1) is 8.53. The fourth-order valence-corrected chi connectivity index (χ4v) is 1.66. The largest absolute Gasteiger partial charge is 0.479 e. The van der Waals surface area contributed by atoms with Crippen LogP contribution in [0.15, 0.2) is 0 Å². The summed E-state index contributed by atoms with van der Waals surface area (Å²) in [7, 11) is 0. The van der Waals surface area contributed by atoms with Crippen molar-refractivity contribution in [3.63, 3.8) is 0 Å². The minimum absolute atomic E-state index is 0.440. The molecule has 3 nitrogen and oxygen atoms in total. The lowest BCUT2D eigenvalue weighted by molar-refractivity contribution is -0.147. The topological polar surface area (TPSA) is 57.5 Å². The molecule has 0 amide bonds. The first-order valence-electron chi connectivity index (χ1n) is 4.11. The number of aliphatic hydroxyl groups is 1. The number of carboxylic acid groups (broad SMARTS) is 1. The standard InChI is InChI=1S/C8H14O3/c9-7(8(10)11)5-6-3-1-2-4-6/h6-7,9H,1-5H2,(H,10,11). The van der Waals surface area contributed by atoms with Crippen molar-refractivity contribution in [2.45, 2.75) is 38.2 Å². The molecule has 11 heavy (non-hydrogen) atoms. The number of hydrogen-bond acceptors (Lipinski definition) is 2. The lowest BCUT2D eigenvalue weighted by Crippen LogP contribution is -2.21. The van der Waals surface area contributed by atoms with E-state index in [9.17, 15) is 4.79 Å². The van der Waals surface area contributed by atoms with Gasteiger partial charge in [-0.1, -0.05) is 25.7 Å². The van der Waals surface area contributed by atoms with Crippen molar-refractivity contribution in [2.24, 2.45) is 5.92 Å². The molecular formula is C8H14O3. The van der Waals surface area contributed by atoms with E-state index >= 15 is 0 Å². The van der Waals surface area contributed by atoms with Crippen LogP contribution >= 0.6 is 0 Å². The molecule has 1 aliphatic rings. The van der Waals surface area contributed by atoms with Crippen LogP contribution in [0.3, 0.4) is 0 Å². The summed E-state index contributed by atoms with van der Waals surface area (Å²) in [4.78, 5) is 10.2. The molecule has 1 aliphatic carbocycles. The van der Waals surface area contributed by atoms with Crippen molar-refractivity contribution in [1.29, 1.82) is 0 Å². The van der Waals surface area contributed by atoms with Crippen LogP contribution in [0, 0.1) is 5.92 Å². The van der Waals surface area contributed by atoms with Crippen LogP contribution in [0.1, 0.15) is 32.1 Å². The molecule has 0 spiro atoms. The third-order valence-electron chi connectivity index (χ3n) is 2.32. The first-order chi connectivity index (χ1) is 5.20. The zero-order chi connectivity index (χ0) is 8.27. The molecule has 0 aliphatic heterocycles. The van der Waals surface area contributed by atoms with Gasteiger partial charge in [-0.25, -0.2) is 4.79 Å². The van der Waals surface area contributed by atoms with Crippen LogP contribution in [0.25, 0.3) is 0 Å². The smallest absolute Gasteiger partial charge is 0.332 e. The Balaban J connectivity index is 2.23. The molecule has 0 aromatic rings. The van der Waals surface area contributed by atoms with Crippen molar-refractivity contribution in [3.8, 4) is 0 Å². The predicted molar refractivity (Wildman–Crippen MR) is 40.2 cm³/mol. The highest BCUT2D eigenvalue weighted by molar-refractivity contribution is 5.71. The summed E-state index contributed by atoms with van der Waals surface area (Å²) in [6.45, 7) is 0. The molecule has 64 valence electrons. The van der Waals surface area contributed by atoms with E-state index in [2.05, 4.69) is 0 Å². The lowest BCUT2D eigenvalue weighted by Gasteiger charge is -2.10. The Hall–Kier alpha value is -0.570. The normalized spacial score (nSPS) is 21.9. The lowest BCUT2D eigenvalue weighted by atomic mass is 10.0. The van der Waals surface area contributed by atoms with Crippen LogP contribution in [0.4, 0.5) is 0 Å². The van der Waals surface area contributed by atoms with Crippen molar-refractivity contribution in [1.82, 2.24) is 0 Å². The monoisotopic (exact) mass is 158 g/mol. The fraction of sp³-hybridized carbons (Fsp3) is 0.875. The van der Waals surface area contributed by atoms with Crippen LogP contribution in [-0.4, -0.2) is 22.3 Å². The van der Waals surface area contributed by atoms with Crippen LogP contribution in [0.2, 0.25) is 0 Å². The van der Waals surface area contributed by atoms with Crippen molar-refractivity contribution in [2.75, 3.05) is 0 Å². The highest BCUT2D eigenvalue weighted by Crippen LogP contribution is 2.28. The summed E-state index contributed by atoms with van der Waals surface area (Å²) in [5, 5.41) is 17.4. The van der Waals surface area contributed by atoms with E-state index in [1.54, 1.807) is 0 Å². The minimum Gasteiger partial charge on any atom is -0.479 e. The first-order valence-corrected chi connectivity index (χ1v) is 4.11. The van der Waals surface area contributed by atoms with Crippen LogP contribution < -0.4 is 0 Å². The Morgan fingerprint density at radius 1 is 1.45 bits per heavy atom.